The Kier molecular flexibility index (Phi) is 5.00. The van der Waals surface area contributed by atoms with Crippen LogP contribution in [0.4, 0.5) is 0 Å². The van der Waals surface area contributed by atoms with Gasteiger partial charge in [0.25, 0.3) is 0 Å². The fourth-order valence-electron chi connectivity index (χ4n) is 2.53. The van der Waals surface area contributed by atoms with Crippen LogP contribution in [0.5, 0.6) is 5.75 Å². The van der Waals surface area contributed by atoms with E-state index in [1.54, 1.807) is 24.6 Å². The Morgan fingerprint density at radius 1 is 1.38 bits per heavy atom. The maximum Gasteiger partial charge on any atom is 0.161 e. The van der Waals surface area contributed by atoms with Crippen molar-refractivity contribution in [1.29, 1.82) is 0 Å². The van der Waals surface area contributed by atoms with Crippen LogP contribution in [0.15, 0.2) is 6.20 Å². The van der Waals surface area contributed by atoms with Gasteiger partial charge in [0.05, 0.1) is 34.9 Å². The van der Waals surface area contributed by atoms with Gasteiger partial charge in [-0.25, -0.2) is 4.98 Å². The number of rotatable bonds is 6. The van der Waals surface area contributed by atoms with Crippen molar-refractivity contribution in [2.75, 3.05) is 13.7 Å². The molecule has 1 atom stereocenters. The maximum absolute atomic E-state index is 5.53. The number of thiazole rings is 1. The Morgan fingerprint density at radius 3 is 2.57 bits per heavy atom. The van der Waals surface area contributed by atoms with Crippen molar-refractivity contribution >= 4 is 11.3 Å². The van der Waals surface area contributed by atoms with Crippen molar-refractivity contribution in [3.05, 3.63) is 27.5 Å². The van der Waals surface area contributed by atoms with Crippen LogP contribution in [0.25, 0.3) is 0 Å². The number of aromatic nitrogens is 3. The molecule has 2 aromatic heterocycles. The molecule has 1 N–H and O–H groups in total. The van der Waals surface area contributed by atoms with E-state index in [0.29, 0.717) is 0 Å². The van der Waals surface area contributed by atoms with E-state index in [1.807, 2.05) is 11.6 Å². The minimum absolute atomic E-state index is 0.0565. The van der Waals surface area contributed by atoms with E-state index in [0.717, 1.165) is 28.7 Å². The predicted octanol–water partition coefficient (Wildman–Crippen LogP) is 3.24. The van der Waals surface area contributed by atoms with Gasteiger partial charge in [0.1, 0.15) is 5.69 Å². The summed E-state index contributed by atoms with van der Waals surface area (Å²) in [5.74, 6) is 0.820. The molecule has 0 aromatic carbocycles. The molecule has 21 heavy (non-hydrogen) atoms. The van der Waals surface area contributed by atoms with Gasteiger partial charge in [0, 0.05) is 6.04 Å². The number of hydrogen-bond donors (Lipinski definition) is 1. The summed E-state index contributed by atoms with van der Waals surface area (Å²) in [5, 5.41) is 9.13. The van der Waals surface area contributed by atoms with Gasteiger partial charge in [-0.15, -0.1) is 11.3 Å². The molecule has 0 saturated heterocycles. The standard InChI is InChI=1S/C15H24N4OS/c1-7-16-13(15-10(4)18-11(5)21-15)14-12(20-6)8-17-19(14)9(2)3/h8-9,13,16H,7H2,1-6H3. The summed E-state index contributed by atoms with van der Waals surface area (Å²) in [5.41, 5.74) is 2.14. The molecule has 1 unspecified atom stereocenters. The van der Waals surface area contributed by atoms with Gasteiger partial charge in [0.15, 0.2) is 5.75 Å². The highest BCUT2D eigenvalue weighted by atomic mass is 32.1. The molecule has 0 aliphatic rings. The van der Waals surface area contributed by atoms with E-state index in [9.17, 15) is 0 Å². The third kappa shape index (κ3) is 3.11. The lowest BCUT2D eigenvalue weighted by molar-refractivity contribution is 0.394. The van der Waals surface area contributed by atoms with Crippen molar-refractivity contribution in [2.24, 2.45) is 0 Å². The van der Waals surface area contributed by atoms with Gasteiger partial charge >= 0.3 is 0 Å². The first-order valence-corrected chi connectivity index (χ1v) is 8.09. The Morgan fingerprint density at radius 2 is 2.10 bits per heavy atom. The third-order valence-electron chi connectivity index (χ3n) is 3.39. The molecule has 0 amide bonds. The zero-order chi connectivity index (χ0) is 15.6. The van der Waals surface area contributed by atoms with Crippen molar-refractivity contribution in [3.8, 4) is 5.75 Å². The average molecular weight is 308 g/mol. The number of nitrogens with one attached hydrogen (secondary N) is 1. The molecule has 0 radical (unpaired) electrons. The molecular formula is C15H24N4OS. The molecule has 116 valence electrons. The minimum Gasteiger partial charge on any atom is -0.493 e. The normalized spacial score (nSPS) is 12.9. The highest BCUT2D eigenvalue weighted by molar-refractivity contribution is 7.11. The Balaban J connectivity index is 2.57. The predicted molar refractivity (Wildman–Crippen MR) is 86.3 cm³/mol. The third-order valence-corrected chi connectivity index (χ3v) is 4.53. The fourth-order valence-corrected chi connectivity index (χ4v) is 3.54. The molecule has 0 spiro atoms. The fraction of sp³-hybridized carbons (Fsp3) is 0.600. The number of hydrogen-bond acceptors (Lipinski definition) is 5. The average Bonchev–Trinajstić information content (AvgIpc) is 2.99. The lowest BCUT2D eigenvalue weighted by Gasteiger charge is -2.21. The van der Waals surface area contributed by atoms with E-state index in [1.165, 1.54) is 4.88 Å². The van der Waals surface area contributed by atoms with Crippen LogP contribution in [-0.4, -0.2) is 28.4 Å². The second-order valence-electron chi connectivity index (χ2n) is 5.31. The first kappa shape index (κ1) is 16.0. The number of aryl methyl sites for hydroxylation is 2. The summed E-state index contributed by atoms with van der Waals surface area (Å²) in [6.07, 6.45) is 1.79. The summed E-state index contributed by atoms with van der Waals surface area (Å²) >= 11 is 1.73. The first-order chi connectivity index (χ1) is 9.99. The van der Waals surface area contributed by atoms with E-state index in [2.05, 4.69) is 43.1 Å². The van der Waals surface area contributed by atoms with Gasteiger partial charge in [-0.3, -0.25) is 4.68 Å². The second kappa shape index (κ2) is 6.58. The van der Waals surface area contributed by atoms with Crippen molar-refractivity contribution in [1.82, 2.24) is 20.1 Å². The quantitative estimate of drug-likeness (QED) is 0.890. The molecule has 0 saturated carbocycles. The molecule has 5 nitrogen and oxygen atoms in total. The molecule has 2 heterocycles. The molecular weight excluding hydrogens is 284 g/mol. The summed E-state index contributed by atoms with van der Waals surface area (Å²) in [6, 6.07) is 0.334. The zero-order valence-corrected chi connectivity index (χ0v) is 14.4. The van der Waals surface area contributed by atoms with Crippen LogP contribution in [0, 0.1) is 13.8 Å². The Hall–Kier alpha value is -1.40. The Bertz CT molecular complexity index is 603. The van der Waals surface area contributed by atoms with Crippen LogP contribution in [0.3, 0.4) is 0 Å². The summed E-state index contributed by atoms with van der Waals surface area (Å²) in [4.78, 5) is 5.79. The molecule has 2 aromatic rings. The van der Waals surface area contributed by atoms with Crippen LogP contribution < -0.4 is 10.1 Å². The van der Waals surface area contributed by atoms with E-state index < -0.39 is 0 Å². The monoisotopic (exact) mass is 308 g/mol. The van der Waals surface area contributed by atoms with Gasteiger partial charge in [-0.2, -0.15) is 5.10 Å². The maximum atomic E-state index is 5.53. The van der Waals surface area contributed by atoms with Crippen LogP contribution >= 0.6 is 11.3 Å². The first-order valence-electron chi connectivity index (χ1n) is 7.28. The molecule has 0 aliphatic carbocycles. The largest absolute Gasteiger partial charge is 0.493 e. The van der Waals surface area contributed by atoms with Crippen molar-refractivity contribution in [2.45, 2.75) is 46.7 Å². The number of ether oxygens (including phenoxy) is 1. The smallest absolute Gasteiger partial charge is 0.161 e. The van der Waals surface area contributed by atoms with Crippen LogP contribution in [0.2, 0.25) is 0 Å². The second-order valence-corrected chi connectivity index (χ2v) is 6.54. The lowest BCUT2D eigenvalue weighted by Crippen LogP contribution is -2.26. The molecule has 0 bridgehead atoms. The minimum atomic E-state index is 0.0565. The number of methoxy groups -OCH3 is 1. The van der Waals surface area contributed by atoms with Gasteiger partial charge in [0.2, 0.25) is 0 Å². The summed E-state index contributed by atoms with van der Waals surface area (Å²) < 4.78 is 7.56. The summed E-state index contributed by atoms with van der Waals surface area (Å²) in [7, 11) is 1.69. The van der Waals surface area contributed by atoms with Crippen LogP contribution in [0.1, 0.15) is 54.1 Å². The SMILES string of the molecule is CCNC(c1sc(C)nc1C)c1c(OC)cnn1C(C)C. The van der Waals surface area contributed by atoms with E-state index in [4.69, 9.17) is 4.74 Å². The topological polar surface area (TPSA) is 52.0 Å². The van der Waals surface area contributed by atoms with Gasteiger partial charge < -0.3 is 10.1 Å². The molecule has 6 heteroatoms. The zero-order valence-electron chi connectivity index (χ0n) is 13.6. The molecule has 2 rings (SSSR count). The van der Waals surface area contributed by atoms with Crippen LogP contribution in [-0.2, 0) is 0 Å². The van der Waals surface area contributed by atoms with E-state index >= 15 is 0 Å². The van der Waals surface area contributed by atoms with E-state index in [-0.39, 0.29) is 12.1 Å². The van der Waals surface area contributed by atoms with Crippen molar-refractivity contribution in [3.63, 3.8) is 0 Å². The highest BCUT2D eigenvalue weighted by Gasteiger charge is 2.27. The summed E-state index contributed by atoms with van der Waals surface area (Å²) in [6.45, 7) is 11.3. The molecule has 0 aliphatic heterocycles. The van der Waals surface area contributed by atoms with Gasteiger partial charge in [-0.05, 0) is 34.2 Å². The molecule has 0 fully saturated rings. The lowest BCUT2D eigenvalue weighted by atomic mass is 10.1. The highest BCUT2D eigenvalue weighted by Crippen LogP contribution is 2.35. The van der Waals surface area contributed by atoms with Crippen molar-refractivity contribution < 1.29 is 4.74 Å². The van der Waals surface area contributed by atoms with Gasteiger partial charge in [-0.1, -0.05) is 6.92 Å². The number of nitrogens with zero attached hydrogens (tertiary/aromatic N) is 3. The Labute approximate surface area is 130 Å².